The molecule has 1 heterocycles. The van der Waals surface area contributed by atoms with E-state index in [4.69, 9.17) is 0 Å². The van der Waals surface area contributed by atoms with Crippen LogP contribution >= 0.6 is 0 Å². The van der Waals surface area contributed by atoms with E-state index in [1.165, 1.54) is 25.7 Å². The quantitative estimate of drug-likeness (QED) is 0.696. The van der Waals surface area contributed by atoms with Gasteiger partial charge in [-0.2, -0.15) is 0 Å². The fourth-order valence-corrected chi connectivity index (χ4v) is 3.28. The molecule has 1 N–H and O–H groups in total. The SMILES string of the molecule is CC1(C)CC(O)CCN1C1CCCC1. The van der Waals surface area contributed by atoms with Gasteiger partial charge in [0.25, 0.3) is 0 Å². The van der Waals surface area contributed by atoms with Gasteiger partial charge >= 0.3 is 0 Å². The average molecular weight is 197 g/mol. The Hall–Kier alpha value is -0.0800. The van der Waals surface area contributed by atoms with Gasteiger partial charge in [-0.3, -0.25) is 4.90 Å². The van der Waals surface area contributed by atoms with Gasteiger partial charge in [0, 0.05) is 18.1 Å². The maximum absolute atomic E-state index is 9.68. The predicted octanol–water partition coefficient (Wildman–Crippen LogP) is 2.16. The van der Waals surface area contributed by atoms with Gasteiger partial charge in [-0.25, -0.2) is 0 Å². The minimum atomic E-state index is -0.0670. The highest BCUT2D eigenvalue weighted by Gasteiger charge is 2.38. The summed E-state index contributed by atoms with van der Waals surface area (Å²) in [7, 11) is 0. The van der Waals surface area contributed by atoms with E-state index in [2.05, 4.69) is 18.7 Å². The molecule has 1 aliphatic carbocycles. The Morgan fingerprint density at radius 2 is 1.79 bits per heavy atom. The Kier molecular flexibility index (Phi) is 2.85. The number of likely N-dealkylation sites (tertiary alicyclic amines) is 1. The van der Waals surface area contributed by atoms with Crippen LogP contribution in [0.1, 0.15) is 52.4 Å². The zero-order chi connectivity index (χ0) is 10.2. The van der Waals surface area contributed by atoms with E-state index in [1.54, 1.807) is 0 Å². The smallest absolute Gasteiger partial charge is 0.0569 e. The summed E-state index contributed by atoms with van der Waals surface area (Å²) in [6, 6.07) is 0.803. The second-order valence-corrected chi connectivity index (χ2v) is 5.59. The van der Waals surface area contributed by atoms with Gasteiger partial charge in [-0.15, -0.1) is 0 Å². The van der Waals surface area contributed by atoms with Crippen molar-refractivity contribution in [2.24, 2.45) is 0 Å². The molecule has 14 heavy (non-hydrogen) atoms. The third-order valence-electron chi connectivity index (χ3n) is 3.98. The van der Waals surface area contributed by atoms with E-state index in [0.29, 0.717) is 0 Å². The van der Waals surface area contributed by atoms with Crippen LogP contribution in [0, 0.1) is 0 Å². The van der Waals surface area contributed by atoms with E-state index in [-0.39, 0.29) is 11.6 Å². The Balaban J connectivity index is 2.02. The van der Waals surface area contributed by atoms with Gasteiger partial charge in [-0.1, -0.05) is 12.8 Å². The number of hydrogen-bond donors (Lipinski definition) is 1. The second kappa shape index (κ2) is 3.82. The fraction of sp³-hybridized carbons (Fsp3) is 1.00. The van der Waals surface area contributed by atoms with Crippen molar-refractivity contribution >= 4 is 0 Å². The summed E-state index contributed by atoms with van der Waals surface area (Å²) in [5.41, 5.74) is 0.215. The summed E-state index contributed by atoms with van der Waals surface area (Å²) in [6.07, 6.45) is 7.41. The Bertz CT molecular complexity index is 196. The molecule has 1 atom stereocenters. The van der Waals surface area contributed by atoms with Gasteiger partial charge in [0.05, 0.1) is 6.10 Å². The molecule has 1 unspecified atom stereocenters. The summed E-state index contributed by atoms with van der Waals surface area (Å²) >= 11 is 0. The van der Waals surface area contributed by atoms with Gasteiger partial charge in [0.2, 0.25) is 0 Å². The molecule has 82 valence electrons. The molecule has 0 aromatic rings. The number of hydrogen-bond acceptors (Lipinski definition) is 2. The van der Waals surface area contributed by atoms with Crippen molar-refractivity contribution < 1.29 is 5.11 Å². The predicted molar refractivity (Wildman–Crippen MR) is 58.3 cm³/mol. The highest BCUT2D eigenvalue weighted by atomic mass is 16.3. The maximum Gasteiger partial charge on any atom is 0.0569 e. The molecule has 0 bridgehead atoms. The van der Waals surface area contributed by atoms with Gasteiger partial charge in [-0.05, 0) is 39.5 Å². The van der Waals surface area contributed by atoms with E-state index >= 15 is 0 Å². The first-order valence-corrected chi connectivity index (χ1v) is 6.04. The molecule has 2 heteroatoms. The second-order valence-electron chi connectivity index (χ2n) is 5.59. The average Bonchev–Trinajstić information content (AvgIpc) is 2.54. The molecular formula is C12H23NO. The lowest BCUT2D eigenvalue weighted by Crippen LogP contribution is -2.55. The van der Waals surface area contributed by atoms with Crippen molar-refractivity contribution in [1.29, 1.82) is 0 Å². The Morgan fingerprint density at radius 1 is 1.14 bits per heavy atom. The molecule has 2 fully saturated rings. The van der Waals surface area contributed by atoms with Crippen LogP contribution in [0.5, 0.6) is 0 Å². The molecule has 0 aromatic carbocycles. The fourth-order valence-electron chi connectivity index (χ4n) is 3.28. The van der Waals surface area contributed by atoms with Crippen molar-refractivity contribution in [3.05, 3.63) is 0 Å². The molecule has 2 rings (SSSR count). The summed E-state index contributed by atoms with van der Waals surface area (Å²) in [5, 5.41) is 9.68. The Labute approximate surface area is 87.3 Å². The van der Waals surface area contributed by atoms with Crippen LogP contribution < -0.4 is 0 Å². The minimum Gasteiger partial charge on any atom is -0.393 e. The van der Waals surface area contributed by atoms with E-state index in [1.807, 2.05) is 0 Å². The number of nitrogens with zero attached hydrogens (tertiary/aromatic N) is 1. The van der Waals surface area contributed by atoms with Crippen molar-refractivity contribution in [2.45, 2.75) is 70.1 Å². The van der Waals surface area contributed by atoms with E-state index < -0.39 is 0 Å². The lowest BCUT2D eigenvalue weighted by Gasteiger charge is -2.47. The monoisotopic (exact) mass is 197 g/mol. The summed E-state index contributed by atoms with van der Waals surface area (Å²) in [4.78, 5) is 2.65. The minimum absolute atomic E-state index is 0.0670. The summed E-state index contributed by atoms with van der Waals surface area (Å²) in [6.45, 7) is 5.67. The highest BCUT2D eigenvalue weighted by Crippen LogP contribution is 2.35. The van der Waals surface area contributed by atoms with Crippen LogP contribution in [0.3, 0.4) is 0 Å². The zero-order valence-corrected chi connectivity index (χ0v) is 9.50. The molecule has 0 aromatic heterocycles. The lowest BCUT2D eigenvalue weighted by molar-refractivity contribution is -0.0259. The maximum atomic E-state index is 9.68. The molecule has 0 spiro atoms. The van der Waals surface area contributed by atoms with Crippen LogP contribution in [-0.2, 0) is 0 Å². The van der Waals surface area contributed by atoms with Crippen LogP contribution in [-0.4, -0.2) is 34.2 Å². The van der Waals surface area contributed by atoms with Crippen molar-refractivity contribution in [3.8, 4) is 0 Å². The standard InChI is InChI=1S/C12H23NO/c1-12(2)9-11(14)7-8-13(12)10-5-3-4-6-10/h10-11,14H,3-9H2,1-2H3. The largest absolute Gasteiger partial charge is 0.393 e. The number of piperidine rings is 1. The third kappa shape index (κ3) is 1.96. The number of rotatable bonds is 1. The first kappa shape index (κ1) is 10.4. The first-order valence-electron chi connectivity index (χ1n) is 6.04. The molecule has 1 aliphatic heterocycles. The molecule has 0 radical (unpaired) electrons. The third-order valence-corrected chi connectivity index (χ3v) is 3.98. The normalized spacial score (nSPS) is 34.9. The molecule has 2 nitrogen and oxygen atoms in total. The lowest BCUT2D eigenvalue weighted by atomic mass is 9.86. The van der Waals surface area contributed by atoms with Gasteiger partial charge in [0.1, 0.15) is 0 Å². The Morgan fingerprint density at radius 3 is 2.36 bits per heavy atom. The van der Waals surface area contributed by atoms with E-state index in [9.17, 15) is 5.11 Å². The molecular weight excluding hydrogens is 174 g/mol. The van der Waals surface area contributed by atoms with Crippen LogP contribution in [0.25, 0.3) is 0 Å². The summed E-state index contributed by atoms with van der Waals surface area (Å²) < 4.78 is 0. The number of aliphatic hydroxyl groups excluding tert-OH is 1. The topological polar surface area (TPSA) is 23.5 Å². The van der Waals surface area contributed by atoms with Crippen LogP contribution in [0.4, 0.5) is 0 Å². The number of aliphatic hydroxyl groups is 1. The van der Waals surface area contributed by atoms with Gasteiger partial charge in [0.15, 0.2) is 0 Å². The van der Waals surface area contributed by atoms with E-state index in [0.717, 1.165) is 25.4 Å². The molecule has 2 aliphatic rings. The summed E-state index contributed by atoms with van der Waals surface area (Å²) in [5.74, 6) is 0. The van der Waals surface area contributed by atoms with Crippen LogP contribution in [0.15, 0.2) is 0 Å². The van der Waals surface area contributed by atoms with Gasteiger partial charge < -0.3 is 5.11 Å². The van der Waals surface area contributed by atoms with Crippen molar-refractivity contribution in [1.82, 2.24) is 4.90 Å². The van der Waals surface area contributed by atoms with Crippen molar-refractivity contribution in [2.75, 3.05) is 6.54 Å². The molecule has 0 amide bonds. The van der Waals surface area contributed by atoms with Crippen LogP contribution in [0.2, 0.25) is 0 Å². The molecule has 1 saturated heterocycles. The first-order chi connectivity index (χ1) is 6.59. The zero-order valence-electron chi connectivity index (χ0n) is 9.50. The van der Waals surface area contributed by atoms with Crippen molar-refractivity contribution in [3.63, 3.8) is 0 Å². The molecule has 1 saturated carbocycles. The highest BCUT2D eigenvalue weighted by molar-refractivity contribution is 4.94.